The topological polar surface area (TPSA) is 42.0 Å². The molecule has 0 radical (unpaired) electrons. The molecule has 0 aliphatic heterocycles. The van der Waals surface area contributed by atoms with Crippen LogP contribution in [0.3, 0.4) is 0 Å². The summed E-state index contributed by atoms with van der Waals surface area (Å²) in [6, 6.07) is 6.52. The number of halogens is 4. The highest BCUT2D eigenvalue weighted by atomic mass is 79.9. The summed E-state index contributed by atoms with van der Waals surface area (Å²) in [6.07, 6.45) is 0. The first-order valence-corrected chi connectivity index (χ1v) is 6.64. The maximum Gasteiger partial charge on any atom is 0.274 e. The number of carbonyl (C=O) groups is 1. The molecule has 0 unspecified atom stereocenters. The predicted molar refractivity (Wildman–Crippen MR) is 73.9 cm³/mol. The number of hydrogen-bond acceptors (Lipinski definition) is 2. The minimum atomic E-state index is -0.866. The molecule has 0 aliphatic rings. The van der Waals surface area contributed by atoms with Gasteiger partial charge in [-0.15, -0.1) is 0 Å². The van der Waals surface area contributed by atoms with Crippen molar-refractivity contribution in [2.45, 2.75) is 0 Å². The molecule has 98 valence electrons. The number of benzene rings is 1. The van der Waals surface area contributed by atoms with Crippen LogP contribution >= 0.6 is 31.9 Å². The molecule has 0 bridgehead atoms. The number of nitrogens with one attached hydrogen (secondary N) is 1. The smallest absolute Gasteiger partial charge is 0.274 e. The fraction of sp³-hybridized carbons (Fsp3) is 0. The van der Waals surface area contributed by atoms with Crippen LogP contribution in [0.1, 0.15) is 10.5 Å². The van der Waals surface area contributed by atoms with Gasteiger partial charge in [0.1, 0.15) is 16.1 Å². The first-order chi connectivity index (χ1) is 8.97. The quantitative estimate of drug-likeness (QED) is 0.782. The number of pyridine rings is 1. The zero-order valence-corrected chi connectivity index (χ0v) is 12.4. The van der Waals surface area contributed by atoms with E-state index in [-0.39, 0.29) is 15.9 Å². The Kier molecular flexibility index (Phi) is 4.26. The molecule has 0 spiro atoms. The third-order valence-electron chi connectivity index (χ3n) is 2.19. The number of rotatable bonds is 2. The molecule has 0 saturated carbocycles. The van der Waals surface area contributed by atoms with Crippen molar-refractivity contribution < 1.29 is 13.6 Å². The number of amides is 1. The van der Waals surface area contributed by atoms with Gasteiger partial charge >= 0.3 is 0 Å². The average molecular weight is 392 g/mol. The molecule has 0 atom stereocenters. The molecule has 2 rings (SSSR count). The van der Waals surface area contributed by atoms with E-state index in [9.17, 15) is 13.6 Å². The number of anilines is 1. The number of hydrogen-bond donors (Lipinski definition) is 1. The first kappa shape index (κ1) is 14.1. The molecule has 0 saturated heterocycles. The second-order valence-corrected chi connectivity index (χ2v) is 5.21. The first-order valence-electron chi connectivity index (χ1n) is 5.06. The molecule has 19 heavy (non-hydrogen) atoms. The summed E-state index contributed by atoms with van der Waals surface area (Å²) >= 11 is 6.12. The van der Waals surface area contributed by atoms with Crippen molar-refractivity contribution in [1.29, 1.82) is 0 Å². The predicted octanol–water partition coefficient (Wildman–Crippen LogP) is 4.14. The molecular formula is C12H6Br2F2N2O. The van der Waals surface area contributed by atoms with Crippen LogP contribution in [0.4, 0.5) is 14.5 Å². The van der Waals surface area contributed by atoms with E-state index >= 15 is 0 Å². The van der Waals surface area contributed by atoms with Crippen LogP contribution in [-0.4, -0.2) is 10.9 Å². The van der Waals surface area contributed by atoms with Crippen LogP contribution in [0, 0.1) is 11.6 Å². The molecule has 1 aromatic carbocycles. The number of carbonyl (C=O) groups excluding carboxylic acids is 1. The molecule has 7 heteroatoms. The largest absolute Gasteiger partial charge is 0.317 e. The van der Waals surface area contributed by atoms with Crippen LogP contribution in [0.25, 0.3) is 0 Å². The Morgan fingerprint density at radius 1 is 1.21 bits per heavy atom. The van der Waals surface area contributed by atoms with E-state index < -0.39 is 17.5 Å². The third kappa shape index (κ3) is 3.36. The minimum Gasteiger partial charge on any atom is -0.317 e. The van der Waals surface area contributed by atoms with Gasteiger partial charge in [-0.1, -0.05) is 6.07 Å². The summed E-state index contributed by atoms with van der Waals surface area (Å²) in [4.78, 5) is 15.8. The van der Waals surface area contributed by atoms with E-state index in [4.69, 9.17) is 0 Å². The van der Waals surface area contributed by atoms with E-state index in [1.807, 2.05) is 0 Å². The van der Waals surface area contributed by atoms with E-state index in [2.05, 4.69) is 42.2 Å². The molecule has 1 amide bonds. The average Bonchev–Trinajstić information content (AvgIpc) is 2.33. The second kappa shape index (κ2) is 5.75. The minimum absolute atomic E-state index is 0.116. The normalized spacial score (nSPS) is 10.3. The van der Waals surface area contributed by atoms with Gasteiger partial charge in [-0.3, -0.25) is 4.79 Å². The molecule has 2 aromatic rings. The summed E-state index contributed by atoms with van der Waals surface area (Å²) in [5.74, 6) is -2.19. The second-order valence-electron chi connectivity index (χ2n) is 3.54. The lowest BCUT2D eigenvalue weighted by molar-refractivity contribution is 0.102. The summed E-state index contributed by atoms with van der Waals surface area (Å²) in [5.41, 5.74) is -0.0156. The van der Waals surface area contributed by atoms with E-state index in [0.717, 1.165) is 6.07 Å². The fourth-order valence-electron chi connectivity index (χ4n) is 1.37. The number of nitrogens with zero attached hydrogens (tertiary/aromatic N) is 1. The monoisotopic (exact) mass is 390 g/mol. The van der Waals surface area contributed by atoms with Crippen LogP contribution < -0.4 is 5.32 Å². The van der Waals surface area contributed by atoms with E-state index in [1.54, 1.807) is 12.1 Å². The van der Waals surface area contributed by atoms with Crippen molar-refractivity contribution >= 4 is 43.5 Å². The van der Waals surface area contributed by atoms with Gasteiger partial charge in [0.15, 0.2) is 5.82 Å². The Morgan fingerprint density at radius 2 is 1.95 bits per heavy atom. The Labute approximate surface area is 124 Å². The Morgan fingerprint density at radius 3 is 2.58 bits per heavy atom. The van der Waals surface area contributed by atoms with Crippen LogP contribution in [0.15, 0.2) is 39.4 Å². The highest BCUT2D eigenvalue weighted by molar-refractivity contribution is 9.10. The lowest BCUT2D eigenvalue weighted by Crippen LogP contribution is -2.15. The molecule has 0 aliphatic carbocycles. The van der Waals surface area contributed by atoms with Crippen LogP contribution in [-0.2, 0) is 0 Å². The molecule has 1 N–H and O–H groups in total. The SMILES string of the molecule is O=C(Nc1c(F)cc(F)cc1Br)c1cccc(Br)n1. The van der Waals surface area contributed by atoms with Crippen LogP contribution in [0.5, 0.6) is 0 Å². The van der Waals surface area contributed by atoms with Crippen LogP contribution in [0.2, 0.25) is 0 Å². The Bertz CT molecular complexity index is 626. The van der Waals surface area contributed by atoms with Crippen molar-refractivity contribution in [2.75, 3.05) is 5.32 Å². The summed E-state index contributed by atoms with van der Waals surface area (Å²) < 4.78 is 27.1. The van der Waals surface area contributed by atoms with Crippen molar-refractivity contribution in [2.24, 2.45) is 0 Å². The zero-order valence-electron chi connectivity index (χ0n) is 9.25. The van der Waals surface area contributed by atoms with Gasteiger partial charge in [-0.25, -0.2) is 13.8 Å². The van der Waals surface area contributed by atoms with Crippen molar-refractivity contribution in [1.82, 2.24) is 4.98 Å². The lowest BCUT2D eigenvalue weighted by Gasteiger charge is -2.08. The molecule has 1 heterocycles. The summed E-state index contributed by atoms with van der Waals surface area (Å²) in [7, 11) is 0. The zero-order chi connectivity index (χ0) is 14.0. The Hall–Kier alpha value is -1.34. The molecular weight excluding hydrogens is 386 g/mol. The lowest BCUT2D eigenvalue weighted by atomic mass is 10.2. The maximum atomic E-state index is 13.6. The standard InChI is InChI=1S/C12H6Br2F2N2O/c13-7-4-6(15)5-8(16)11(7)18-12(19)9-2-1-3-10(14)17-9/h1-5H,(H,18,19). The van der Waals surface area contributed by atoms with Crippen molar-refractivity contribution in [3.05, 3.63) is 56.7 Å². The van der Waals surface area contributed by atoms with Gasteiger partial charge in [0.25, 0.3) is 5.91 Å². The van der Waals surface area contributed by atoms with E-state index in [1.165, 1.54) is 6.07 Å². The van der Waals surface area contributed by atoms with Gasteiger partial charge < -0.3 is 5.32 Å². The summed E-state index contributed by atoms with van der Waals surface area (Å²) in [5, 5.41) is 2.34. The highest BCUT2D eigenvalue weighted by Crippen LogP contribution is 2.27. The van der Waals surface area contributed by atoms with Gasteiger partial charge in [0.05, 0.1) is 5.69 Å². The number of aromatic nitrogens is 1. The van der Waals surface area contributed by atoms with Gasteiger partial charge in [-0.05, 0) is 50.1 Å². The third-order valence-corrected chi connectivity index (χ3v) is 3.26. The summed E-state index contributed by atoms with van der Waals surface area (Å²) in [6.45, 7) is 0. The van der Waals surface area contributed by atoms with Gasteiger partial charge in [-0.2, -0.15) is 0 Å². The maximum absolute atomic E-state index is 13.6. The highest BCUT2D eigenvalue weighted by Gasteiger charge is 2.14. The Balaban J connectivity index is 2.29. The fourth-order valence-corrected chi connectivity index (χ4v) is 2.22. The van der Waals surface area contributed by atoms with Crippen molar-refractivity contribution in [3.8, 4) is 0 Å². The molecule has 0 fully saturated rings. The van der Waals surface area contributed by atoms with E-state index in [0.29, 0.717) is 10.7 Å². The molecule has 1 aromatic heterocycles. The van der Waals surface area contributed by atoms with Crippen molar-refractivity contribution in [3.63, 3.8) is 0 Å². The van der Waals surface area contributed by atoms with Gasteiger partial charge in [0.2, 0.25) is 0 Å². The molecule has 3 nitrogen and oxygen atoms in total. The van der Waals surface area contributed by atoms with Gasteiger partial charge in [0, 0.05) is 10.5 Å².